The normalized spacial score (nSPS) is 14.2. The molecule has 0 bridgehead atoms. The van der Waals surface area contributed by atoms with Crippen molar-refractivity contribution < 1.29 is 13.9 Å². The lowest BCUT2D eigenvalue weighted by atomic mass is 10.1. The highest BCUT2D eigenvalue weighted by Gasteiger charge is 2.34. The molecule has 0 N–H and O–H groups in total. The molecule has 1 aliphatic carbocycles. The van der Waals surface area contributed by atoms with E-state index >= 15 is 0 Å². The Morgan fingerprint density at radius 3 is 2.86 bits per heavy atom. The van der Waals surface area contributed by atoms with Gasteiger partial charge >= 0.3 is 5.97 Å². The van der Waals surface area contributed by atoms with Crippen molar-refractivity contribution in [2.75, 3.05) is 6.61 Å². The average Bonchev–Trinajstić information content (AvgIpc) is 3.21. The maximum atomic E-state index is 12.0. The predicted molar refractivity (Wildman–Crippen MR) is 82.3 cm³/mol. The van der Waals surface area contributed by atoms with Gasteiger partial charge in [-0.25, -0.2) is 9.78 Å². The summed E-state index contributed by atoms with van der Waals surface area (Å²) in [5.41, 5.74) is 2.73. The second-order valence-electron chi connectivity index (χ2n) is 5.19. The lowest BCUT2D eigenvalue weighted by molar-refractivity contribution is 0.0489. The van der Waals surface area contributed by atoms with E-state index in [2.05, 4.69) is 20.9 Å². The largest absolute Gasteiger partial charge is 0.460 e. The zero-order valence-electron chi connectivity index (χ0n) is 12.0. The van der Waals surface area contributed by atoms with Crippen LogP contribution in [0, 0.1) is 6.92 Å². The molecule has 0 amide bonds. The monoisotopic (exact) mass is 349 g/mol. The van der Waals surface area contributed by atoms with Crippen molar-refractivity contribution in [2.24, 2.45) is 0 Å². The van der Waals surface area contributed by atoms with E-state index in [0.29, 0.717) is 18.4 Å². The third kappa shape index (κ3) is 2.88. The van der Waals surface area contributed by atoms with Crippen molar-refractivity contribution in [3.05, 3.63) is 39.7 Å². The van der Waals surface area contributed by atoms with Crippen LogP contribution in [-0.2, 0) is 4.74 Å². The van der Waals surface area contributed by atoms with Crippen LogP contribution < -0.4 is 0 Å². The van der Waals surface area contributed by atoms with Gasteiger partial charge in [-0.3, -0.25) is 0 Å². The quantitative estimate of drug-likeness (QED) is 0.764. The van der Waals surface area contributed by atoms with E-state index in [9.17, 15) is 4.79 Å². The maximum absolute atomic E-state index is 12.0. The van der Waals surface area contributed by atoms with Crippen LogP contribution in [0.4, 0.5) is 0 Å². The van der Waals surface area contributed by atoms with Crippen LogP contribution in [0.3, 0.4) is 0 Å². The zero-order valence-corrected chi connectivity index (χ0v) is 13.6. The molecule has 1 fully saturated rings. The lowest BCUT2D eigenvalue weighted by Gasteiger charge is -2.00. The van der Waals surface area contributed by atoms with E-state index in [4.69, 9.17) is 9.15 Å². The summed E-state index contributed by atoms with van der Waals surface area (Å²) in [6.45, 7) is 4.13. The molecule has 0 saturated heterocycles. The molecule has 2 aromatic rings. The smallest absolute Gasteiger partial charge is 0.376 e. The predicted octanol–water partition coefficient (Wildman–Crippen LogP) is 4.47. The van der Waals surface area contributed by atoms with Gasteiger partial charge in [0.15, 0.2) is 0 Å². The number of carbonyl (C=O) groups excluding carboxylic acids is 1. The summed E-state index contributed by atoms with van der Waals surface area (Å²) in [6.07, 6.45) is 2.10. The van der Waals surface area contributed by atoms with Crippen molar-refractivity contribution in [2.45, 2.75) is 32.6 Å². The molecular weight excluding hydrogens is 334 g/mol. The van der Waals surface area contributed by atoms with Gasteiger partial charge in [0.25, 0.3) is 0 Å². The first-order valence-electron chi connectivity index (χ1n) is 7.04. The molecule has 0 spiro atoms. The molecule has 110 valence electrons. The molecule has 21 heavy (non-hydrogen) atoms. The summed E-state index contributed by atoms with van der Waals surface area (Å²) in [5, 5.41) is 0. The number of aromatic nitrogens is 1. The number of carbonyl (C=O) groups is 1. The molecule has 4 nitrogen and oxygen atoms in total. The standard InChI is InChI=1S/C16H16BrNO3/c1-3-20-16(19)14-13(10-6-7-10)18-15(21-14)11-5-4-9(2)12(17)8-11/h4-5,8,10H,3,6-7H2,1-2H3. The summed E-state index contributed by atoms with van der Waals surface area (Å²) in [4.78, 5) is 16.5. The highest BCUT2D eigenvalue weighted by molar-refractivity contribution is 9.10. The lowest BCUT2D eigenvalue weighted by Crippen LogP contribution is -2.05. The SMILES string of the molecule is CCOC(=O)c1oc(-c2ccc(C)c(Br)c2)nc1C1CC1. The van der Waals surface area contributed by atoms with Crippen LogP contribution in [0.15, 0.2) is 27.1 Å². The van der Waals surface area contributed by atoms with Gasteiger partial charge in [-0.1, -0.05) is 22.0 Å². The van der Waals surface area contributed by atoms with Gasteiger partial charge in [0, 0.05) is 16.0 Å². The Morgan fingerprint density at radius 2 is 2.24 bits per heavy atom. The Kier molecular flexibility index (Phi) is 3.85. The average molecular weight is 350 g/mol. The third-order valence-corrected chi connectivity index (χ3v) is 4.35. The fraction of sp³-hybridized carbons (Fsp3) is 0.375. The Balaban J connectivity index is 2.01. The van der Waals surface area contributed by atoms with E-state index in [1.807, 2.05) is 25.1 Å². The summed E-state index contributed by atoms with van der Waals surface area (Å²) >= 11 is 3.50. The topological polar surface area (TPSA) is 52.3 Å². The van der Waals surface area contributed by atoms with E-state index in [1.165, 1.54) is 0 Å². The first-order valence-corrected chi connectivity index (χ1v) is 7.83. The number of rotatable bonds is 4. The Bertz CT molecular complexity index is 689. The second kappa shape index (κ2) is 5.64. The molecule has 0 aliphatic heterocycles. The molecule has 3 rings (SSSR count). The molecule has 1 aromatic carbocycles. The first kappa shape index (κ1) is 14.3. The van der Waals surface area contributed by atoms with Crippen molar-refractivity contribution in [3.8, 4) is 11.5 Å². The van der Waals surface area contributed by atoms with Crippen LogP contribution >= 0.6 is 15.9 Å². The Morgan fingerprint density at radius 1 is 1.48 bits per heavy atom. The molecule has 5 heteroatoms. The van der Waals surface area contributed by atoms with Gasteiger partial charge in [-0.15, -0.1) is 0 Å². The molecular formula is C16H16BrNO3. The van der Waals surface area contributed by atoms with Gasteiger partial charge in [-0.2, -0.15) is 0 Å². The number of hydrogen-bond acceptors (Lipinski definition) is 4. The van der Waals surface area contributed by atoms with Crippen LogP contribution in [0.25, 0.3) is 11.5 Å². The minimum absolute atomic E-state index is 0.256. The van der Waals surface area contributed by atoms with E-state index in [1.54, 1.807) is 6.92 Å². The number of benzene rings is 1. The number of nitrogens with zero attached hydrogens (tertiary/aromatic N) is 1. The molecule has 1 saturated carbocycles. The molecule has 1 aliphatic rings. The number of hydrogen-bond donors (Lipinski definition) is 0. The summed E-state index contributed by atoms with van der Waals surface area (Å²) in [6, 6.07) is 5.88. The van der Waals surface area contributed by atoms with E-state index in [-0.39, 0.29) is 5.76 Å². The van der Waals surface area contributed by atoms with Gasteiger partial charge in [0.05, 0.1) is 12.3 Å². The Labute approximate surface area is 131 Å². The van der Waals surface area contributed by atoms with E-state index < -0.39 is 5.97 Å². The van der Waals surface area contributed by atoms with Crippen molar-refractivity contribution in [1.82, 2.24) is 4.98 Å². The van der Waals surface area contributed by atoms with Gasteiger partial charge in [0.2, 0.25) is 11.7 Å². The van der Waals surface area contributed by atoms with Crippen molar-refractivity contribution in [3.63, 3.8) is 0 Å². The minimum atomic E-state index is -0.427. The van der Waals surface area contributed by atoms with Gasteiger partial charge < -0.3 is 9.15 Å². The van der Waals surface area contributed by atoms with Crippen LogP contribution in [0.1, 0.15) is 47.5 Å². The molecule has 0 radical (unpaired) electrons. The van der Waals surface area contributed by atoms with Crippen molar-refractivity contribution >= 4 is 21.9 Å². The Hall–Kier alpha value is -1.62. The summed E-state index contributed by atoms with van der Waals surface area (Å²) < 4.78 is 11.8. The fourth-order valence-electron chi connectivity index (χ4n) is 2.16. The first-order chi connectivity index (χ1) is 10.1. The molecule has 0 atom stereocenters. The number of halogens is 1. The second-order valence-corrected chi connectivity index (χ2v) is 6.05. The number of aryl methyl sites for hydroxylation is 1. The number of oxazole rings is 1. The van der Waals surface area contributed by atoms with Gasteiger partial charge in [-0.05, 0) is 44.4 Å². The van der Waals surface area contributed by atoms with Crippen LogP contribution in [0.5, 0.6) is 0 Å². The minimum Gasteiger partial charge on any atom is -0.460 e. The fourth-order valence-corrected chi connectivity index (χ4v) is 2.54. The van der Waals surface area contributed by atoms with Gasteiger partial charge in [0.1, 0.15) is 0 Å². The highest BCUT2D eigenvalue weighted by Crippen LogP contribution is 2.42. The zero-order chi connectivity index (χ0) is 15.0. The highest BCUT2D eigenvalue weighted by atomic mass is 79.9. The molecule has 0 unspecified atom stereocenters. The molecule has 1 heterocycles. The number of esters is 1. The summed E-state index contributed by atoms with van der Waals surface area (Å²) in [5.74, 6) is 0.631. The maximum Gasteiger partial charge on any atom is 0.376 e. The van der Waals surface area contributed by atoms with Crippen LogP contribution in [-0.4, -0.2) is 17.6 Å². The van der Waals surface area contributed by atoms with E-state index in [0.717, 1.165) is 34.1 Å². The molecule has 1 aromatic heterocycles. The van der Waals surface area contributed by atoms with Crippen LogP contribution in [0.2, 0.25) is 0 Å². The number of ether oxygens (including phenoxy) is 1. The summed E-state index contributed by atoms with van der Waals surface area (Å²) in [7, 11) is 0. The third-order valence-electron chi connectivity index (χ3n) is 3.50. The van der Waals surface area contributed by atoms with Crippen molar-refractivity contribution in [1.29, 1.82) is 0 Å².